The summed E-state index contributed by atoms with van der Waals surface area (Å²) in [5, 5.41) is 4.49. The molecule has 8 heteroatoms. The standard InChI is InChI=1S/C24H31FN6O/c1-7-30(13-12-29(5)6)23(32)20-15-27-31(22(20)16(2)3)24-26-14-17(4)21(28-24)18-8-10-19(25)11-9-18/h8-11,14-16H,7,12-13H2,1-6H3. The number of likely N-dealkylation sites (N-methyl/N-ethyl adjacent to an activating group) is 2. The van der Waals surface area contributed by atoms with Gasteiger partial charge in [-0.05, 0) is 63.7 Å². The van der Waals surface area contributed by atoms with E-state index in [2.05, 4.69) is 15.0 Å². The van der Waals surface area contributed by atoms with Crippen LogP contribution in [0.25, 0.3) is 17.2 Å². The first-order valence-corrected chi connectivity index (χ1v) is 10.8. The second-order valence-corrected chi connectivity index (χ2v) is 8.41. The molecule has 0 saturated heterocycles. The molecule has 0 aliphatic heterocycles. The number of carbonyl (C=O) groups excluding carboxylic acids is 1. The fourth-order valence-corrected chi connectivity index (χ4v) is 3.57. The molecule has 2 aromatic heterocycles. The Kier molecular flexibility index (Phi) is 7.35. The van der Waals surface area contributed by atoms with E-state index in [1.54, 1.807) is 29.2 Å². The van der Waals surface area contributed by atoms with E-state index >= 15 is 0 Å². The van der Waals surface area contributed by atoms with E-state index in [1.807, 2.05) is 46.7 Å². The third kappa shape index (κ3) is 5.02. The molecule has 0 aliphatic rings. The molecule has 0 saturated carbocycles. The molecule has 7 nitrogen and oxygen atoms in total. The van der Waals surface area contributed by atoms with Crippen LogP contribution in [0.3, 0.4) is 0 Å². The van der Waals surface area contributed by atoms with Crippen LogP contribution < -0.4 is 0 Å². The number of nitrogens with zero attached hydrogens (tertiary/aromatic N) is 6. The van der Waals surface area contributed by atoms with E-state index in [9.17, 15) is 9.18 Å². The van der Waals surface area contributed by atoms with Gasteiger partial charge in [-0.15, -0.1) is 0 Å². The van der Waals surface area contributed by atoms with Gasteiger partial charge in [0.25, 0.3) is 11.9 Å². The van der Waals surface area contributed by atoms with Crippen molar-refractivity contribution >= 4 is 5.91 Å². The molecule has 0 spiro atoms. The quantitative estimate of drug-likeness (QED) is 0.533. The zero-order valence-corrected chi connectivity index (χ0v) is 19.6. The van der Waals surface area contributed by atoms with Crippen molar-refractivity contribution in [1.82, 2.24) is 29.5 Å². The van der Waals surface area contributed by atoms with Crippen molar-refractivity contribution in [3.63, 3.8) is 0 Å². The van der Waals surface area contributed by atoms with Crippen molar-refractivity contribution in [3.8, 4) is 17.2 Å². The molecule has 0 fully saturated rings. The smallest absolute Gasteiger partial charge is 0.257 e. The van der Waals surface area contributed by atoms with Gasteiger partial charge in [-0.2, -0.15) is 5.10 Å². The molecule has 3 aromatic rings. The minimum absolute atomic E-state index is 0.0307. The second kappa shape index (κ2) is 9.99. The second-order valence-electron chi connectivity index (χ2n) is 8.41. The molecule has 1 aromatic carbocycles. The highest BCUT2D eigenvalue weighted by Gasteiger charge is 2.25. The molecule has 0 atom stereocenters. The molecular weight excluding hydrogens is 407 g/mol. The number of benzene rings is 1. The van der Waals surface area contributed by atoms with E-state index in [4.69, 9.17) is 4.98 Å². The number of hydrogen-bond donors (Lipinski definition) is 0. The van der Waals surface area contributed by atoms with E-state index in [0.717, 1.165) is 23.4 Å². The van der Waals surface area contributed by atoms with Gasteiger partial charge >= 0.3 is 0 Å². The summed E-state index contributed by atoms with van der Waals surface area (Å²) in [6.07, 6.45) is 3.33. The Labute approximate surface area is 188 Å². The Morgan fingerprint density at radius 1 is 1.12 bits per heavy atom. The lowest BCUT2D eigenvalue weighted by Gasteiger charge is -2.23. The van der Waals surface area contributed by atoms with Crippen molar-refractivity contribution in [2.45, 2.75) is 33.6 Å². The van der Waals surface area contributed by atoms with Gasteiger partial charge < -0.3 is 9.80 Å². The zero-order valence-electron chi connectivity index (χ0n) is 19.6. The normalized spacial score (nSPS) is 11.4. The van der Waals surface area contributed by atoms with Gasteiger partial charge in [0.15, 0.2) is 0 Å². The predicted octanol–water partition coefficient (Wildman–Crippen LogP) is 3.92. The van der Waals surface area contributed by atoms with Crippen LogP contribution in [0.4, 0.5) is 4.39 Å². The maximum absolute atomic E-state index is 13.4. The molecule has 3 rings (SSSR count). The van der Waals surface area contributed by atoms with Gasteiger partial charge in [-0.1, -0.05) is 13.8 Å². The van der Waals surface area contributed by atoms with E-state index < -0.39 is 0 Å². The molecule has 2 heterocycles. The average molecular weight is 439 g/mol. The molecule has 0 unspecified atom stereocenters. The third-order valence-electron chi connectivity index (χ3n) is 5.34. The summed E-state index contributed by atoms with van der Waals surface area (Å²) in [5.74, 6) is 0.0696. The number of amides is 1. The van der Waals surface area contributed by atoms with Gasteiger partial charge in [-0.3, -0.25) is 4.79 Å². The first-order valence-electron chi connectivity index (χ1n) is 10.8. The maximum Gasteiger partial charge on any atom is 0.257 e. The molecule has 170 valence electrons. The lowest BCUT2D eigenvalue weighted by Crippen LogP contribution is -2.37. The molecule has 1 amide bonds. The Bertz CT molecular complexity index is 1070. The largest absolute Gasteiger partial charge is 0.338 e. The SMILES string of the molecule is CCN(CCN(C)C)C(=O)c1cnn(-c2ncc(C)c(-c3ccc(F)cc3)n2)c1C(C)C. The first kappa shape index (κ1) is 23.5. The number of hydrogen-bond acceptors (Lipinski definition) is 5. The number of aryl methyl sites for hydroxylation is 1. The van der Waals surface area contributed by atoms with Crippen molar-refractivity contribution in [1.29, 1.82) is 0 Å². The highest BCUT2D eigenvalue weighted by molar-refractivity contribution is 5.95. The first-order chi connectivity index (χ1) is 15.2. The average Bonchev–Trinajstić information content (AvgIpc) is 3.20. The minimum Gasteiger partial charge on any atom is -0.338 e. The molecule has 0 bridgehead atoms. The summed E-state index contributed by atoms with van der Waals surface area (Å²) in [7, 11) is 3.98. The van der Waals surface area contributed by atoms with E-state index in [-0.39, 0.29) is 17.6 Å². The topological polar surface area (TPSA) is 67.2 Å². The molecule has 0 aliphatic carbocycles. The monoisotopic (exact) mass is 438 g/mol. The van der Waals surface area contributed by atoms with Crippen LogP contribution in [0.2, 0.25) is 0 Å². The number of halogens is 1. The van der Waals surface area contributed by atoms with Crippen LogP contribution in [0, 0.1) is 12.7 Å². The number of rotatable bonds is 8. The summed E-state index contributed by atoms with van der Waals surface area (Å²) in [5.41, 5.74) is 3.70. The van der Waals surface area contributed by atoms with Crippen LogP contribution in [-0.4, -0.2) is 69.2 Å². The van der Waals surface area contributed by atoms with Gasteiger partial charge in [0.1, 0.15) is 5.82 Å². The van der Waals surface area contributed by atoms with Crippen LogP contribution in [0.5, 0.6) is 0 Å². The van der Waals surface area contributed by atoms with Crippen LogP contribution >= 0.6 is 0 Å². The number of aromatic nitrogens is 4. The Hall–Kier alpha value is -3.13. The van der Waals surface area contributed by atoms with Gasteiger partial charge in [0.05, 0.1) is 23.1 Å². The fraction of sp³-hybridized carbons (Fsp3) is 0.417. The summed E-state index contributed by atoms with van der Waals surface area (Å²) >= 11 is 0. The van der Waals surface area contributed by atoms with Crippen LogP contribution in [0.15, 0.2) is 36.7 Å². The van der Waals surface area contributed by atoms with Crippen molar-refractivity contribution in [2.24, 2.45) is 0 Å². The predicted molar refractivity (Wildman–Crippen MR) is 124 cm³/mol. The Morgan fingerprint density at radius 3 is 2.41 bits per heavy atom. The van der Waals surface area contributed by atoms with Crippen molar-refractivity contribution < 1.29 is 9.18 Å². The molecule has 32 heavy (non-hydrogen) atoms. The van der Waals surface area contributed by atoms with E-state index in [1.165, 1.54) is 12.1 Å². The zero-order chi connectivity index (χ0) is 23.4. The fourth-order valence-electron chi connectivity index (χ4n) is 3.57. The van der Waals surface area contributed by atoms with Crippen LogP contribution in [-0.2, 0) is 0 Å². The van der Waals surface area contributed by atoms with Gasteiger partial charge in [0, 0.05) is 31.4 Å². The summed E-state index contributed by atoms with van der Waals surface area (Å²) < 4.78 is 15.0. The molecule has 0 N–H and O–H groups in total. The summed E-state index contributed by atoms with van der Waals surface area (Å²) in [4.78, 5) is 26.4. The Balaban J connectivity index is 2.03. The lowest BCUT2D eigenvalue weighted by molar-refractivity contribution is 0.0752. The molecule has 0 radical (unpaired) electrons. The summed E-state index contributed by atoms with van der Waals surface area (Å²) in [6.45, 7) is 9.97. The van der Waals surface area contributed by atoms with Gasteiger partial charge in [0.2, 0.25) is 0 Å². The number of carbonyl (C=O) groups is 1. The minimum atomic E-state index is -0.298. The van der Waals surface area contributed by atoms with E-state index in [0.29, 0.717) is 30.3 Å². The third-order valence-corrected chi connectivity index (χ3v) is 5.34. The van der Waals surface area contributed by atoms with Gasteiger partial charge in [-0.25, -0.2) is 19.0 Å². The highest BCUT2D eigenvalue weighted by atomic mass is 19.1. The maximum atomic E-state index is 13.4. The summed E-state index contributed by atoms with van der Waals surface area (Å²) in [6, 6.07) is 6.21. The van der Waals surface area contributed by atoms with Crippen molar-refractivity contribution in [3.05, 3.63) is 59.3 Å². The highest BCUT2D eigenvalue weighted by Crippen LogP contribution is 2.26. The van der Waals surface area contributed by atoms with Crippen molar-refractivity contribution in [2.75, 3.05) is 33.7 Å². The van der Waals surface area contributed by atoms with Crippen LogP contribution in [0.1, 0.15) is 48.3 Å². The lowest BCUT2D eigenvalue weighted by atomic mass is 10.0. The Morgan fingerprint density at radius 2 is 1.81 bits per heavy atom. The molecular formula is C24H31FN6O.